The zero-order chi connectivity index (χ0) is 19.9. The van der Waals surface area contributed by atoms with Gasteiger partial charge in [-0.05, 0) is 31.0 Å². The van der Waals surface area contributed by atoms with E-state index < -0.39 is 10.0 Å². The molecule has 0 aromatic heterocycles. The van der Waals surface area contributed by atoms with Crippen LogP contribution in [0.25, 0.3) is 0 Å². The summed E-state index contributed by atoms with van der Waals surface area (Å²) in [5.74, 6) is 1.35. The number of thioether (sulfide) groups is 1. The molecule has 2 aromatic rings. The first-order valence-electron chi connectivity index (χ1n) is 8.70. The molecule has 0 heterocycles. The number of anilines is 1. The Morgan fingerprint density at radius 1 is 1.11 bits per heavy atom. The van der Waals surface area contributed by atoms with Crippen molar-refractivity contribution < 1.29 is 13.2 Å². The number of amides is 1. The molecule has 0 unspecified atom stereocenters. The van der Waals surface area contributed by atoms with Gasteiger partial charge in [0.25, 0.3) is 0 Å². The molecular formula is C20H26N2O3S2. The third-order valence-corrected chi connectivity index (χ3v) is 6.15. The summed E-state index contributed by atoms with van der Waals surface area (Å²) in [4.78, 5) is 12.3. The minimum Gasteiger partial charge on any atom is -0.354 e. The molecule has 0 fully saturated rings. The van der Waals surface area contributed by atoms with E-state index in [1.165, 1.54) is 5.56 Å². The molecule has 0 radical (unpaired) electrons. The van der Waals surface area contributed by atoms with Crippen molar-refractivity contribution in [2.24, 2.45) is 0 Å². The molecule has 27 heavy (non-hydrogen) atoms. The van der Waals surface area contributed by atoms with Gasteiger partial charge in [0.05, 0.1) is 11.9 Å². The zero-order valence-electron chi connectivity index (χ0n) is 15.9. The molecule has 0 aliphatic carbocycles. The van der Waals surface area contributed by atoms with Crippen LogP contribution in [0.2, 0.25) is 0 Å². The predicted molar refractivity (Wildman–Crippen MR) is 114 cm³/mol. The van der Waals surface area contributed by atoms with Gasteiger partial charge in [-0.25, -0.2) is 8.42 Å². The van der Waals surface area contributed by atoms with Crippen LogP contribution in [0, 0.1) is 13.8 Å². The molecule has 0 bridgehead atoms. The second-order valence-electron chi connectivity index (χ2n) is 6.45. The van der Waals surface area contributed by atoms with Crippen molar-refractivity contribution in [2.75, 3.05) is 29.4 Å². The van der Waals surface area contributed by atoms with Crippen molar-refractivity contribution >= 4 is 33.4 Å². The van der Waals surface area contributed by atoms with Crippen molar-refractivity contribution in [3.63, 3.8) is 0 Å². The highest BCUT2D eigenvalue weighted by Crippen LogP contribution is 2.23. The first-order chi connectivity index (χ1) is 12.8. The number of hydrogen-bond donors (Lipinski definition) is 1. The Hall–Kier alpha value is -1.99. The van der Waals surface area contributed by atoms with E-state index in [2.05, 4.69) is 17.4 Å². The monoisotopic (exact) mass is 406 g/mol. The fraction of sp³-hybridized carbons (Fsp3) is 0.350. The maximum atomic E-state index is 12.3. The lowest BCUT2D eigenvalue weighted by Crippen LogP contribution is -2.41. The van der Waals surface area contributed by atoms with Gasteiger partial charge < -0.3 is 5.32 Å². The Morgan fingerprint density at radius 2 is 1.81 bits per heavy atom. The van der Waals surface area contributed by atoms with Crippen LogP contribution in [0.4, 0.5) is 5.69 Å². The van der Waals surface area contributed by atoms with Crippen LogP contribution < -0.4 is 9.62 Å². The molecular weight excluding hydrogens is 380 g/mol. The number of carbonyl (C=O) groups is 1. The second kappa shape index (κ2) is 9.80. The molecule has 0 atom stereocenters. The van der Waals surface area contributed by atoms with Gasteiger partial charge in [0, 0.05) is 18.1 Å². The lowest BCUT2D eigenvalue weighted by atomic mass is 10.1. The fourth-order valence-electron chi connectivity index (χ4n) is 2.68. The van der Waals surface area contributed by atoms with E-state index in [0.717, 1.165) is 33.2 Å². The molecule has 2 rings (SSSR count). The molecule has 2 aromatic carbocycles. The third-order valence-electron chi connectivity index (χ3n) is 3.99. The van der Waals surface area contributed by atoms with Crippen molar-refractivity contribution in [1.29, 1.82) is 0 Å². The SMILES string of the molecule is Cc1ccc(N(CC(=O)NCCSCc2ccccc2)S(C)(=O)=O)c(C)c1. The number of rotatable bonds is 9. The Morgan fingerprint density at radius 3 is 2.44 bits per heavy atom. The van der Waals surface area contributed by atoms with Gasteiger partial charge in [-0.15, -0.1) is 0 Å². The summed E-state index contributed by atoms with van der Waals surface area (Å²) in [5, 5.41) is 2.81. The molecule has 0 aliphatic heterocycles. The van der Waals surface area contributed by atoms with Gasteiger partial charge in [0.1, 0.15) is 6.54 Å². The van der Waals surface area contributed by atoms with Crippen molar-refractivity contribution in [1.82, 2.24) is 5.32 Å². The Bertz CT molecular complexity index is 868. The number of nitrogens with zero attached hydrogens (tertiary/aromatic N) is 1. The molecule has 0 spiro atoms. The summed E-state index contributed by atoms with van der Waals surface area (Å²) in [6.45, 7) is 4.08. The summed E-state index contributed by atoms with van der Waals surface area (Å²) in [5.41, 5.74) is 3.65. The number of benzene rings is 2. The van der Waals surface area contributed by atoms with Crippen LogP contribution in [0.1, 0.15) is 16.7 Å². The van der Waals surface area contributed by atoms with E-state index in [-0.39, 0.29) is 12.5 Å². The number of carbonyl (C=O) groups excluding carboxylic acids is 1. The normalized spacial score (nSPS) is 11.2. The van der Waals surface area contributed by atoms with Crippen molar-refractivity contribution in [3.8, 4) is 0 Å². The number of nitrogens with one attached hydrogen (secondary N) is 1. The average molecular weight is 407 g/mol. The summed E-state index contributed by atoms with van der Waals surface area (Å²) in [6.07, 6.45) is 1.12. The van der Waals surface area contributed by atoms with E-state index >= 15 is 0 Å². The predicted octanol–water partition coefficient (Wildman–Crippen LogP) is 3.12. The summed E-state index contributed by atoms with van der Waals surface area (Å²) in [7, 11) is -3.55. The topological polar surface area (TPSA) is 66.5 Å². The second-order valence-corrected chi connectivity index (χ2v) is 9.46. The van der Waals surface area contributed by atoms with Crippen LogP contribution >= 0.6 is 11.8 Å². The maximum absolute atomic E-state index is 12.3. The van der Waals surface area contributed by atoms with Gasteiger partial charge >= 0.3 is 0 Å². The molecule has 0 saturated carbocycles. The van der Waals surface area contributed by atoms with Crippen LogP contribution in [0.15, 0.2) is 48.5 Å². The Balaban J connectivity index is 1.87. The summed E-state index contributed by atoms with van der Waals surface area (Å²) >= 11 is 1.73. The van der Waals surface area contributed by atoms with Gasteiger partial charge in [-0.2, -0.15) is 11.8 Å². The molecule has 0 saturated heterocycles. The standard InChI is InChI=1S/C20H26N2O3S2/c1-16-9-10-19(17(2)13-16)22(27(3,24)25)14-20(23)21-11-12-26-15-18-7-5-4-6-8-18/h4-10,13H,11-12,14-15H2,1-3H3,(H,21,23). The van der Waals surface area contributed by atoms with Crippen LogP contribution in [0.3, 0.4) is 0 Å². The smallest absolute Gasteiger partial charge is 0.240 e. The highest BCUT2D eigenvalue weighted by molar-refractivity contribution is 7.98. The van der Waals surface area contributed by atoms with Crippen LogP contribution in [0.5, 0.6) is 0 Å². The van der Waals surface area contributed by atoms with E-state index in [1.54, 1.807) is 17.8 Å². The molecule has 146 valence electrons. The summed E-state index contributed by atoms with van der Waals surface area (Å²) < 4.78 is 25.5. The van der Waals surface area contributed by atoms with Crippen LogP contribution in [-0.2, 0) is 20.6 Å². The minimum absolute atomic E-state index is 0.216. The van der Waals surface area contributed by atoms with Crippen molar-refractivity contribution in [2.45, 2.75) is 19.6 Å². The van der Waals surface area contributed by atoms with Gasteiger partial charge in [-0.3, -0.25) is 9.10 Å². The first kappa shape index (κ1) is 21.3. The lowest BCUT2D eigenvalue weighted by Gasteiger charge is -2.24. The van der Waals surface area contributed by atoms with Gasteiger partial charge in [0.15, 0.2) is 0 Å². The van der Waals surface area contributed by atoms with Gasteiger partial charge in [0.2, 0.25) is 15.9 Å². The van der Waals surface area contributed by atoms with E-state index in [0.29, 0.717) is 12.2 Å². The van der Waals surface area contributed by atoms with E-state index in [9.17, 15) is 13.2 Å². The zero-order valence-corrected chi connectivity index (χ0v) is 17.6. The van der Waals surface area contributed by atoms with Crippen LogP contribution in [-0.4, -0.2) is 39.4 Å². The molecule has 5 nitrogen and oxygen atoms in total. The van der Waals surface area contributed by atoms with Crippen molar-refractivity contribution in [3.05, 3.63) is 65.2 Å². The molecule has 1 N–H and O–H groups in total. The highest BCUT2D eigenvalue weighted by atomic mass is 32.2. The fourth-order valence-corrected chi connectivity index (χ4v) is 4.41. The summed E-state index contributed by atoms with van der Waals surface area (Å²) in [6, 6.07) is 15.6. The molecule has 1 amide bonds. The third kappa shape index (κ3) is 6.92. The largest absolute Gasteiger partial charge is 0.354 e. The Kier molecular flexibility index (Phi) is 7.74. The van der Waals surface area contributed by atoms with Gasteiger partial charge in [-0.1, -0.05) is 48.0 Å². The minimum atomic E-state index is -3.55. The maximum Gasteiger partial charge on any atom is 0.240 e. The molecule has 7 heteroatoms. The number of sulfonamides is 1. The quantitative estimate of drug-likeness (QED) is 0.650. The Labute approximate surface area is 166 Å². The number of hydrogen-bond acceptors (Lipinski definition) is 4. The number of aryl methyl sites for hydroxylation is 2. The molecule has 0 aliphatic rings. The van der Waals surface area contributed by atoms with E-state index in [4.69, 9.17) is 0 Å². The highest BCUT2D eigenvalue weighted by Gasteiger charge is 2.22. The average Bonchev–Trinajstić information content (AvgIpc) is 2.60. The van der Waals surface area contributed by atoms with E-state index in [1.807, 2.05) is 44.2 Å². The first-order valence-corrected chi connectivity index (χ1v) is 11.7. The lowest BCUT2D eigenvalue weighted by molar-refractivity contribution is -0.119.